The lowest BCUT2D eigenvalue weighted by atomic mass is 10.1. The summed E-state index contributed by atoms with van der Waals surface area (Å²) in [7, 11) is 0. The van der Waals surface area contributed by atoms with Crippen molar-refractivity contribution in [3.63, 3.8) is 0 Å². The van der Waals surface area contributed by atoms with E-state index >= 15 is 0 Å². The van der Waals surface area contributed by atoms with Gasteiger partial charge in [0.1, 0.15) is 0 Å². The largest absolute Gasteiger partial charge is 0.314 e. The highest BCUT2D eigenvalue weighted by atomic mass is 35.5. The number of nitrogens with zero attached hydrogens (tertiary/aromatic N) is 1. The van der Waals surface area contributed by atoms with E-state index < -0.39 is 0 Å². The van der Waals surface area contributed by atoms with Crippen LogP contribution in [0.2, 0.25) is 4.34 Å². The van der Waals surface area contributed by atoms with E-state index in [-0.39, 0.29) is 0 Å². The molecule has 1 unspecified atom stereocenters. The number of halogens is 1. The fraction of sp³-hybridized carbons (Fsp3) is 0.733. The van der Waals surface area contributed by atoms with Crippen LogP contribution in [0, 0.1) is 0 Å². The normalized spacial score (nSPS) is 21.8. The Morgan fingerprint density at radius 2 is 2.21 bits per heavy atom. The minimum atomic E-state index is 0.687. The van der Waals surface area contributed by atoms with Gasteiger partial charge in [-0.15, -0.1) is 11.3 Å². The molecule has 0 saturated carbocycles. The van der Waals surface area contributed by atoms with Crippen LogP contribution in [0.15, 0.2) is 12.1 Å². The molecule has 2 nitrogen and oxygen atoms in total. The maximum Gasteiger partial charge on any atom is 0.0931 e. The molecule has 1 N–H and O–H groups in total. The van der Waals surface area contributed by atoms with Crippen molar-refractivity contribution in [1.29, 1.82) is 0 Å². The number of hydrogen-bond acceptors (Lipinski definition) is 3. The Morgan fingerprint density at radius 3 is 2.89 bits per heavy atom. The SMILES string of the molecule is CC(C)N1CCCC(NCCc2ccc(Cl)s2)CC1. The molecule has 108 valence electrons. The van der Waals surface area contributed by atoms with E-state index in [9.17, 15) is 0 Å². The molecule has 0 bridgehead atoms. The molecule has 1 fully saturated rings. The molecule has 0 aliphatic carbocycles. The van der Waals surface area contributed by atoms with E-state index in [0.717, 1.165) is 17.3 Å². The Hall–Kier alpha value is -0.0900. The van der Waals surface area contributed by atoms with Crippen LogP contribution in [-0.4, -0.2) is 36.6 Å². The monoisotopic (exact) mass is 300 g/mol. The average Bonchev–Trinajstić information content (AvgIpc) is 2.64. The predicted molar refractivity (Wildman–Crippen MR) is 85.4 cm³/mol. The van der Waals surface area contributed by atoms with Gasteiger partial charge in [-0.3, -0.25) is 0 Å². The smallest absolute Gasteiger partial charge is 0.0931 e. The van der Waals surface area contributed by atoms with Crippen molar-refractivity contribution in [2.24, 2.45) is 0 Å². The van der Waals surface area contributed by atoms with Gasteiger partial charge in [0, 0.05) is 23.5 Å². The second-order valence-electron chi connectivity index (χ2n) is 5.67. The van der Waals surface area contributed by atoms with Crippen molar-refractivity contribution in [2.75, 3.05) is 19.6 Å². The molecule has 1 aliphatic heterocycles. The first kappa shape index (κ1) is 15.3. The molecule has 1 aromatic rings. The molecule has 0 radical (unpaired) electrons. The Kier molecular flexibility index (Phi) is 6.14. The van der Waals surface area contributed by atoms with E-state index in [1.807, 2.05) is 6.07 Å². The first-order valence-corrected chi connectivity index (χ1v) is 8.56. The lowest BCUT2D eigenvalue weighted by Gasteiger charge is -2.24. The van der Waals surface area contributed by atoms with Crippen LogP contribution in [0.1, 0.15) is 38.0 Å². The molecule has 2 rings (SSSR count). The van der Waals surface area contributed by atoms with Crippen LogP contribution < -0.4 is 5.32 Å². The Balaban J connectivity index is 1.68. The minimum absolute atomic E-state index is 0.687. The number of likely N-dealkylation sites (tertiary alicyclic amines) is 1. The highest BCUT2D eigenvalue weighted by Crippen LogP contribution is 2.21. The van der Waals surface area contributed by atoms with E-state index in [0.29, 0.717) is 12.1 Å². The van der Waals surface area contributed by atoms with Crippen LogP contribution in [-0.2, 0) is 6.42 Å². The topological polar surface area (TPSA) is 15.3 Å². The summed E-state index contributed by atoms with van der Waals surface area (Å²) < 4.78 is 0.900. The molecule has 1 aromatic heterocycles. The fourth-order valence-corrected chi connectivity index (χ4v) is 3.81. The van der Waals surface area contributed by atoms with Gasteiger partial charge in [-0.2, -0.15) is 0 Å². The summed E-state index contributed by atoms with van der Waals surface area (Å²) in [4.78, 5) is 3.98. The van der Waals surface area contributed by atoms with Gasteiger partial charge >= 0.3 is 0 Å². The van der Waals surface area contributed by atoms with Gasteiger partial charge in [0.25, 0.3) is 0 Å². The van der Waals surface area contributed by atoms with Gasteiger partial charge in [-0.25, -0.2) is 0 Å². The standard InChI is InChI=1S/C15H25ClN2S/c1-12(2)18-10-3-4-13(8-11-18)17-9-7-14-5-6-15(16)19-14/h5-6,12-13,17H,3-4,7-11H2,1-2H3. The van der Waals surface area contributed by atoms with Gasteiger partial charge in [0.15, 0.2) is 0 Å². The summed E-state index contributed by atoms with van der Waals surface area (Å²) in [5.74, 6) is 0. The van der Waals surface area contributed by atoms with E-state index in [4.69, 9.17) is 11.6 Å². The zero-order valence-corrected chi connectivity index (χ0v) is 13.6. The van der Waals surface area contributed by atoms with E-state index in [2.05, 4.69) is 30.1 Å². The number of rotatable bonds is 5. The summed E-state index contributed by atoms with van der Waals surface area (Å²) in [6.45, 7) is 8.17. The maximum atomic E-state index is 5.95. The second-order valence-corrected chi connectivity index (χ2v) is 7.47. The summed E-state index contributed by atoms with van der Waals surface area (Å²) in [6, 6.07) is 5.52. The van der Waals surface area contributed by atoms with Crippen LogP contribution >= 0.6 is 22.9 Å². The molecule has 2 heterocycles. The molecule has 1 atom stereocenters. The minimum Gasteiger partial charge on any atom is -0.314 e. The Bertz CT molecular complexity index is 378. The number of hydrogen-bond donors (Lipinski definition) is 1. The van der Waals surface area contributed by atoms with Crippen LogP contribution in [0.4, 0.5) is 0 Å². The maximum absolute atomic E-state index is 5.95. The van der Waals surface area contributed by atoms with Gasteiger partial charge in [0.05, 0.1) is 4.34 Å². The third-order valence-electron chi connectivity index (χ3n) is 3.93. The quantitative estimate of drug-likeness (QED) is 0.890. The van der Waals surface area contributed by atoms with Crippen molar-refractivity contribution >= 4 is 22.9 Å². The first-order chi connectivity index (χ1) is 9.15. The summed E-state index contributed by atoms with van der Waals surface area (Å²) in [5.41, 5.74) is 0. The van der Waals surface area contributed by atoms with Crippen molar-refractivity contribution in [3.05, 3.63) is 21.3 Å². The molecule has 0 spiro atoms. The third-order valence-corrected chi connectivity index (χ3v) is 5.22. The van der Waals surface area contributed by atoms with E-state index in [1.54, 1.807) is 11.3 Å². The zero-order valence-electron chi connectivity index (χ0n) is 12.0. The highest BCUT2D eigenvalue weighted by molar-refractivity contribution is 7.16. The highest BCUT2D eigenvalue weighted by Gasteiger charge is 2.17. The first-order valence-electron chi connectivity index (χ1n) is 7.37. The summed E-state index contributed by atoms with van der Waals surface area (Å²) in [5, 5.41) is 3.72. The van der Waals surface area contributed by atoms with Gasteiger partial charge in [-0.1, -0.05) is 11.6 Å². The van der Waals surface area contributed by atoms with Crippen molar-refractivity contribution in [2.45, 2.75) is 51.6 Å². The third kappa shape index (κ3) is 5.07. The zero-order chi connectivity index (χ0) is 13.7. The van der Waals surface area contributed by atoms with Crippen LogP contribution in [0.5, 0.6) is 0 Å². The predicted octanol–water partition coefficient (Wildman–Crippen LogP) is 3.80. The molecular weight excluding hydrogens is 276 g/mol. The summed E-state index contributed by atoms with van der Waals surface area (Å²) >= 11 is 7.65. The molecule has 4 heteroatoms. The lowest BCUT2D eigenvalue weighted by Crippen LogP contribution is -2.34. The molecular formula is C15H25ClN2S. The fourth-order valence-electron chi connectivity index (χ4n) is 2.72. The molecule has 19 heavy (non-hydrogen) atoms. The second kappa shape index (κ2) is 7.63. The number of nitrogens with one attached hydrogen (secondary N) is 1. The van der Waals surface area contributed by atoms with Gasteiger partial charge in [0.2, 0.25) is 0 Å². The average molecular weight is 301 g/mol. The Labute approximate surface area is 126 Å². The van der Waals surface area contributed by atoms with Crippen LogP contribution in [0.25, 0.3) is 0 Å². The van der Waals surface area contributed by atoms with Gasteiger partial charge < -0.3 is 10.2 Å². The van der Waals surface area contributed by atoms with Crippen molar-refractivity contribution in [3.8, 4) is 0 Å². The molecule has 0 aromatic carbocycles. The van der Waals surface area contributed by atoms with Gasteiger partial charge in [-0.05, 0) is 64.8 Å². The Morgan fingerprint density at radius 1 is 1.37 bits per heavy atom. The van der Waals surface area contributed by atoms with Crippen molar-refractivity contribution in [1.82, 2.24) is 10.2 Å². The molecule has 0 amide bonds. The lowest BCUT2D eigenvalue weighted by molar-refractivity contribution is 0.229. The molecule has 1 aliphatic rings. The number of thiophene rings is 1. The van der Waals surface area contributed by atoms with E-state index in [1.165, 1.54) is 37.2 Å². The molecule has 1 saturated heterocycles. The summed E-state index contributed by atoms with van der Waals surface area (Å²) in [6.07, 6.45) is 5.01. The van der Waals surface area contributed by atoms with Crippen molar-refractivity contribution < 1.29 is 0 Å². The van der Waals surface area contributed by atoms with Crippen LogP contribution in [0.3, 0.4) is 0 Å².